The zero-order chi connectivity index (χ0) is 28.1. The van der Waals surface area contributed by atoms with Crippen molar-refractivity contribution in [3.8, 4) is 22.7 Å². The van der Waals surface area contributed by atoms with Gasteiger partial charge in [-0.25, -0.2) is 19.9 Å². The summed E-state index contributed by atoms with van der Waals surface area (Å²) in [6.07, 6.45) is 0. The highest BCUT2D eigenvalue weighted by atomic mass is 16.5. The number of nitrogens with two attached hydrogens (primary N) is 1. The summed E-state index contributed by atoms with van der Waals surface area (Å²) in [5, 5.41) is 5.67. The maximum atomic E-state index is 14.2. The Labute approximate surface area is 230 Å². The van der Waals surface area contributed by atoms with Gasteiger partial charge in [0, 0.05) is 11.1 Å². The van der Waals surface area contributed by atoms with E-state index < -0.39 is 17.7 Å². The number of amides is 3. The van der Waals surface area contributed by atoms with E-state index >= 15 is 0 Å². The van der Waals surface area contributed by atoms with Gasteiger partial charge in [-0.3, -0.25) is 9.59 Å². The highest BCUT2D eigenvalue weighted by Gasteiger charge is 2.33. The van der Waals surface area contributed by atoms with Crippen LogP contribution in [0.25, 0.3) is 16.9 Å². The Bertz CT molecular complexity index is 1650. The Morgan fingerprint density at radius 1 is 0.800 bits per heavy atom. The van der Waals surface area contributed by atoms with Crippen molar-refractivity contribution in [3.63, 3.8) is 0 Å². The molecule has 0 unspecified atom stereocenters. The number of carbonyl (C=O) groups is 3. The molecule has 1 heterocycles. The molecule has 0 atom stereocenters. The van der Waals surface area contributed by atoms with Crippen molar-refractivity contribution in [2.45, 2.75) is 0 Å². The highest BCUT2D eigenvalue weighted by Crippen LogP contribution is 2.33. The molecule has 0 fully saturated rings. The average Bonchev–Trinajstić information content (AvgIpc) is 3.41. The summed E-state index contributed by atoms with van der Waals surface area (Å²) in [4.78, 5) is 40.3. The minimum Gasteiger partial charge on any atom is -0.497 e. The first-order valence-corrected chi connectivity index (χ1v) is 12.4. The number of ketones is 1. The van der Waals surface area contributed by atoms with Gasteiger partial charge in [0.15, 0.2) is 11.5 Å². The molecule has 0 aliphatic carbocycles. The van der Waals surface area contributed by atoms with Crippen LogP contribution in [0.1, 0.15) is 26.4 Å². The maximum Gasteiger partial charge on any atom is 0.331 e. The molecule has 0 saturated heterocycles. The molecule has 198 valence electrons. The quantitative estimate of drug-likeness (QED) is 0.226. The number of hydrogen-bond donors (Lipinski definition) is 2. The van der Waals surface area contributed by atoms with E-state index in [0.29, 0.717) is 33.9 Å². The molecule has 0 radical (unpaired) electrons. The van der Waals surface area contributed by atoms with E-state index in [1.54, 1.807) is 96.7 Å². The van der Waals surface area contributed by atoms with Crippen molar-refractivity contribution < 1.29 is 19.1 Å². The first-order valence-electron chi connectivity index (χ1n) is 12.4. The summed E-state index contributed by atoms with van der Waals surface area (Å²) in [5.41, 5.74) is 10.1. The number of urea groups is 1. The summed E-state index contributed by atoms with van der Waals surface area (Å²) in [7, 11) is 1.57. The lowest BCUT2D eigenvalue weighted by Crippen LogP contribution is -2.49. The molecule has 5 rings (SSSR count). The molecular formula is C31H25N5O4. The third-order valence-electron chi connectivity index (χ3n) is 6.15. The summed E-state index contributed by atoms with van der Waals surface area (Å²) < 4.78 is 6.85. The molecule has 0 saturated carbocycles. The van der Waals surface area contributed by atoms with Crippen molar-refractivity contribution in [1.82, 2.24) is 15.2 Å². The number of rotatable bonds is 7. The van der Waals surface area contributed by atoms with Crippen LogP contribution >= 0.6 is 0 Å². The predicted octanol–water partition coefficient (Wildman–Crippen LogP) is 5.01. The molecule has 3 N–H and O–H groups in total. The topological polar surface area (TPSA) is 120 Å². The van der Waals surface area contributed by atoms with Crippen LogP contribution in [0.4, 0.5) is 10.5 Å². The number of hydrogen-bond acceptors (Lipinski definition) is 5. The van der Waals surface area contributed by atoms with Crippen LogP contribution in [-0.2, 0) is 0 Å². The minimum atomic E-state index is -0.953. The Hall–Kier alpha value is -5.70. The monoisotopic (exact) mass is 531 g/mol. The second-order valence-corrected chi connectivity index (χ2v) is 8.70. The number of benzene rings is 4. The largest absolute Gasteiger partial charge is 0.497 e. The molecule has 9 heteroatoms. The van der Waals surface area contributed by atoms with Crippen LogP contribution in [0, 0.1) is 0 Å². The number of methoxy groups -OCH3 is 1. The lowest BCUT2D eigenvalue weighted by Gasteiger charge is -2.21. The van der Waals surface area contributed by atoms with Gasteiger partial charge in [-0.1, -0.05) is 78.9 Å². The van der Waals surface area contributed by atoms with E-state index in [1.165, 1.54) is 0 Å². The number of anilines is 1. The lowest BCUT2D eigenvalue weighted by molar-refractivity contribution is 0.0958. The van der Waals surface area contributed by atoms with E-state index in [1.807, 2.05) is 30.3 Å². The number of ether oxygens (including phenoxy) is 1. The molecule has 0 bridgehead atoms. The summed E-state index contributed by atoms with van der Waals surface area (Å²) in [5.74, 6) is -0.515. The molecular weight excluding hydrogens is 506 g/mol. The second kappa shape index (κ2) is 11.4. The summed E-state index contributed by atoms with van der Waals surface area (Å²) in [6, 6.07) is 32.4. The van der Waals surface area contributed by atoms with Crippen LogP contribution in [0.3, 0.4) is 0 Å². The molecule has 1 aromatic heterocycles. The number of primary amides is 1. The second-order valence-electron chi connectivity index (χ2n) is 8.70. The van der Waals surface area contributed by atoms with Crippen molar-refractivity contribution in [1.29, 1.82) is 0 Å². The Morgan fingerprint density at radius 3 is 1.95 bits per heavy atom. The van der Waals surface area contributed by atoms with Gasteiger partial charge >= 0.3 is 6.03 Å². The molecule has 0 aliphatic heterocycles. The Morgan fingerprint density at radius 2 is 1.38 bits per heavy atom. The number of nitrogens with one attached hydrogen (secondary N) is 1. The van der Waals surface area contributed by atoms with Gasteiger partial charge in [-0.05, 0) is 36.4 Å². The van der Waals surface area contributed by atoms with Crippen LogP contribution in [0.5, 0.6) is 5.75 Å². The van der Waals surface area contributed by atoms with Gasteiger partial charge in [-0.2, -0.15) is 5.10 Å². The van der Waals surface area contributed by atoms with Gasteiger partial charge < -0.3 is 10.5 Å². The number of carbonyl (C=O) groups excluding carboxylic acids is 3. The van der Waals surface area contributed by atoms with Crippen LogP contribution in [-0.4, -0.2) is 34.6 Å². The normalized spacial score (nSPS) is 10.5. The number of nitrogens with zero attached hydrogens (tertiary/aromatic N) is 3. The maximum absolute atomic E-state index is 14.2. The van der Waals surface area contributed by atoms with Gasteiger partial charge in [0.2, 0.25) is 0 Å². The van der Waals surface area contributed by atoms with E-state index in [9.17, 15) is 14.4 Å². The first kappa shape index (κ1) is 25.9. The molecule has 5 aromatic rings. The standard InChI is InChI=1S/C31H25N5O4/c1-40-25-19-17-24(18-20-25)35-28(21-11-5-2-6-12-21)26(29(37)22-13-7-3-8-14-22)27(33-35)30(38)36(34-31(32)39)23-15-9-4-10-16-23/h2-20H,1H3,(H3,32,34,39). The Kier molecular flexibility index (Phi) is 7.36. The van der Waals surface area contributed by atoms with Gasteiger partial charge in [0.25, 0.3) is 5.91 Å². The fraction of sp³-hybridized carbons (Fsp3) is 0.0323. The number of hydrazine groups is 1. The van der Waals surface area contributed by atoms with E-state index in [2.05, 4.69) is 10.5 Å². The first-order chi connectivity index (χ1) is 19.5. The third-order valence-corrected chi connectivity index (χ3v) is 6.15. The minimum absolute atomic E-state index is 0.0745. The van der Waals surface area contributed by atoms with Crippen molar-refractivity contribution in [2.24, 2.45) is 5.73 Å². The zero-order valence-electron chi connectivity index (χ0n) is 21.5. The zero-order valence-corrected chi connectivity index (χ0v) is 21.5. The molecule has 9 nitrogen and oxygen atoms in total. The van der Waals surface area contributed by atoms with E-state index in [4.69, 9.17) is 10.5 Å². The Balaban J connectivity index is 1.80. The van der Waals surface area contributed by atoms with E-state index in [-0.39, 0.29) is 11.3 Å². The SMILES string of the molecule is COc1ccc(-n2nc(C(=O)N(NC(N)=O)c3ccccc3)c(C(=O)c3ccccc3)c2-c2ccccc2)cc1. The summed E-state index contributed by atoms with van der Waals surface area (Å²) >= 11 is 0. The number of para-hydroxylation sites is 1. The molecule has 4 aromatic carbocycles. The number of aromatic nitrogens is 2. The fourth-order valence-electron chi connectivity index (χ4n) is 4.32. The van der Waals surface area contributed by atoms with Gasteiger partial charge in [-0.15, -0.1) is 0 Å². The third kappa shape index (κ3) is 5.16. The summed E-state index contributed by atoms with van der Waals surface area (Å²) in [6.45, 7) is 0. The molecule has 3 amide bonds. The van der Waals surface area contributed by atoms with Gasteiger partial charge in [0.1, 0.15) is 5.75 Å². The van der Waals surface area contributed by atoms with Crippen molar-refractivity contribution >= 4 is 23.4 Å². The van der Waals surface area contributed by atoms with Crippen LogP contribution < -0.4 is 20.9 Å². The highest BCUT2D eigenvalue weighted by molar-refractivity contribution is 6.20. The van der Waals surface area contributed by atoms with E-state index in [0.717, 1.165) is 5.01 Å². The van der Waals surface area contributed by atoms with Crippen LogP contribution in [0.2, 0.25) is 0 Å². The van der Waals surface area contributed by atoms with Crippen LogP contribution in [0.15, 0.2) is 115 Å². The molecule has 0 aliphatic rings. The van der Waals surface area contributed by atoms with Crippen molar-refractivity contribution in [2.75, 3.05) is 12.1 Å². The lowest BCUT2D eigenvalue weighted by atomic mass is 9.97. The van der Waals surface area contributed by atoms with Gasteiger partial charge in [0.05, 0.1) is 29.7 Å². The fourth-order valence-corrected chi connectivity index (χ4v) is 4.32. The van der Waals surface area contributed by atoms with Crippen molar-refractivity contribution in [3.05, 3.63) is 132 Å². The smallest absolute Gasteiger partial charge is 0.331 e. The average molecular weight is 532 g/mol. The molecule has 0 spiro atoms. The molecule has 40 heavy (non-hydrogen) atoms. The predicted molar refractivity (Wildman–Crippen MR) is 151 cm³/mol.